The monoisotopic (exact) mass is 364 g/mol. The van der Waals surface area contributed by atoms with Crippen molar-refractivity contribution >= 4 is 11.6 Å². The third-order valence-electron chi connectivity index (χ3n) is 5.53. The molecule has 0 bridgehead atoms. The number of nitrogens with zero attached hydrogens (tertiary/aromatic N) is 2. The van der Waals surface area contributed by atoms with E-state index in [2.05, 4.69) is 17.3 Å². The molecule has 2 aromatic carbocycles. The Morgan fingerprint density at radius 1 is 1.00 bits per heavy atom. The highest BCUT2D eigenvalue weighted by Crippen LogP contribution is 2.37. The van der Waals surface area contributed by atoms with Crippen LogP contribution >= 0.6 is 0 Å². The largest absolute Gasteiger partial charge is 0.454 e. The van der Waals surface area contributed by atoms with Gasteiger partial charge in [0.1, 0.15) is 5.60 Å². The summed E-state index contributed by atoms with van der Waals surface area (Å²) >= 11 is 0. The average Bonchev–Trinajstić information content (AvgIpc) is 3.35. The molecule has 5 rings (SSSR count). The van der Waals surface area contributed by atoms with Crippen LogP contribution in [0, 0.1) is 0 Å². The zero-order chi connectivity index (χ0) is 18.3. The summed E-state index contributed by atoms with van der Waals surface area (Å²) in [6.07, 6.45) is 2.36. The molecule has 6 heteroatoms. The lowest BCUT2D eigenvalue weighted by Gasteiger charge is -2.37. The third-order valence-corrected chi connectivity index (χ3v) is 5.53. The molecule has 0 N–H and O–H groups in total. The number of rotatable bonds is 2. The minimum atomic E-state index is -0.281. The molecule has 0 atom stereocenters. The number of piperidine rings is 1. The van der Waals surface area contributed by atoms with Gasteiger partial charge in [0.15, 0.2) is 11.5 Å². The molecule has 0 radical (unpaired) electrons. The predicted molar refractivity (Wildman–Crippen MR) is 99.1 cm³/mol. The van der Waals surface area contributed by atoms with Gasteiger partial charge in [-0.15, -0.1) is 0 Å². The number of likely N-dealkylation sites (tertiary alicyclic amines) is 1. The van der Waals surface area contributed by atoms with Crippen molar-refractivity contribution < 1.29 is 19.1 Å². The van der Waals surface area contributed by atoms with Crippen molar-refractivity contribution in [2.45, 2.75) is 24.9 Å². The van der Waals surface area contributed by atoms with Crippen molar-refractivity contribution in [2.24, 2.45) is 5.16 Å². The number of hydrogen-bond acceptors (Lipinski definition) is 5. The van der Waals surface area contributed by atoms with Gasteiger partial charge in [-0.1, -0.05) is 35.5 Å². The van der Waals surface area contributed by atoms with E-state index in [0.717, 1.165) is 30.5 Å². The summed E-state index contributed by atoms with van der Waals surface area (Å²) in [5, 5.41) is 4.33. The van der Waals surface area contributed by atoms with E-state index in [1.165, 1.54) is 0 Å². The standard InChI is InChI=1S/C21H20N2O4/c24-20(16-6-7-18-19(12-16)26-14-25-18)23-10-8-21(9-11-23)13-17(22-27-21)15-4-2-1-3-5-15/h1-7,12H,8-11,13-14H2. The fraction of sp³-hybridized carbons (Fsp3) is 0.333. The van der Waals surface area contributed by atoms with Gasteiger partial charge in [-0.3, -0.25) is 4.79 Å². The number of benzene rings is 2. The quantitative estimate of drug-likeness (QED) is 0.821. The number of oxime groups is 1. The van der Waals surface area contributed by atoms with Crippen LogP contribution in [0.1, 0.15) is 35.2 Å². The number of fused-ring (bicyclic) bond motifs is 1. The fourth-order valence-corrected chi connectivity index (χ4v) is 3.90. The van der Waals surface area contributed by atoms with Gasteiger partial charge < -0.3 is 19.2 Å². The SMILES string of the molecule is O=C(c1ccc2c(c1)OCO2)N1CCC2(CC1)CC(c1ccccc1)=NO2. The summed E-state index contributed by atoms with van der Waals surface area (Å²) in [6.45, 7) is 1.52. The third kappa shape index (κ3) is 2.91. The van der Waals surface area contributed by atoms with Gasteiger partial charge in [-0.05, 0) is 23.8 Å². The van der Waals surface area contributed by atoms with E-state index in [1.54, 1.807) is 18.2 Å². The maximum atomic E-state index is 12.8. The number of carbonyl (C=O) groups is 1. The van der Waals surface area contributed by atoms with E-state index in [9.17, 15) is 4.79 Å². The maximum Gasteiger partial charge on any atom is 0.253 e. The Bertz CT molecular complexity index is 902. The number of amides is 1. The molecule has 0 unspecified atom stereocenters. The Hall–Kier alpha value is -3.02. The van der Waals surface area contributed by atoms with Crippen LogP contribution < -0.4 is 9.47 Å². The summed E-state index contributed by atoms with van der Waals surface area (Å²) in [5.41, 5.74) is 2.44. The summed E-state index contributed by atoms with van der Waals surface area (Å²) in [6, 6.07) is 15.5. The van der Waals surface area contributed by atoms with Crippen LogP contribution in [0.15, 0.2) is 53.7 Å². The highest BCUT2D eigenvalue weighted by Gasteiger charge is 2.43. The molecule has 3 aliphatic heterocycles. The van der Waals surface area contributed by atoms with E-state index in [0.29, 0.717) is 30.2 Å². The lowest BCUT2D eigenvalue weighted by molar-refractivity contribution is -0.0568. The minimum absolute atomic E-state index is 0.0188. The first-order valence-corrected chi connectivity index (χ1v) is 9.22. The van der Waals surface area contributed by atoms with E-state index in [-0.39, 0.29) is 18.3 Å². The van der Waals surface area contributed by atoms with Gasteiger partial charge >= 0.3 is 0 Å². The molecule has 0 saturated carbocycles. The van der Waals surface area contributed by atoms with Crippen molar-refractivity contribution in [3.8, 4) is 11.5 Å². The van der Waals surface area contributed by atoms with Crippen LogP contribution in [-0.4, -0.2) is 42.0 Å². The lowest BCUT2D eigenvalue weighted by atomic mass is 9.85. The van der Waals surface area contributed by atoms with E-state index in [1.807, 2.05) is 23.1 Å². The molecule has 0 aromatic heterocycles. The first-order chi connectivity index (χ1) is 13.2. The number of hydrogen-bond donors (Lipinski definition) is 0. The molecule has 3 aliphatic rings. The Morgan fingerprint density at radius 2 is 1.78 bits per heavy atom. The highest BCUT2D eigenvalue weighted by atomic mass is 16.7. The fourth-order valence-electron chi connectivity index (χ4n) is 3.90. The summed E-state index contributed by atoms with van der Waals surface area (Å²) in [7, 11) is 0. The minimum Gasteiger partial charge on any atom is -0.454 e. The highest BCUT2D eigenvalue weighted by molar-refractivity contribution is 6.01. The van der Waals surface area contributed by atoms with Gasteiger partial charge in [-0.25, -0.2) is 0 Å². The normalized spacial score (nSPS) is 19.7. The molecule has 1 fully saturated rings. The van der Waals surface area contributed by atoms with Crippen LogP contribution in [-0.2, 0) is 4.84 Å². The second-order valence-corrected chi connectivity index (χ2v) is 7.22. The summed E-state index contributed by atoms with van der Waals surface area (Å²) in [5.74, 6) is 1.34. The molecule has 0 aliphatic carbocycles. The van der Waals surface area contributed by atoms with Crippen LogP contribution in [0.5, 0.6) is 11.5 Å². The summed E-state index contributed by atoms with van der Waals surface area (Å²) < 4.78 is 10.7. The molecule has 6 nitrogen and oxygen atoms in total. The molecule has 2 aromatic rings. The van der Waals surface area contributed by atoms with Crippen LogP contribution in [0.3, 0.4) is 0 Å². The van der Waals surface area contributed by atoms with Gasteiger partial charge in [0.25, 0.3) is 5.91 Å². The van der Waals surface area contributed by atoms with E-state index >= 15 is 0 Å². The maximum absolute atomic E-state index is 12.8. The molecule has 27 heavy (non-hydrogen) atoms. The van der Waals surface area contributed by atoms with Gasteiger partial charge in [0.05, 0.1) is 5.71 Å². The van der Waals surface area contributed by atoms with Gasteiger partial charge in [0, 0.05) is 37.9 Å². The van der Waals surface area contributed by atoms with Crippen molar-refractivity contribution in [3.63, 3.8) is 0 Å². The zero-order valence-corrected chi connectivity index (χ0v) is 14.9. The smallest absolute Gasteiger partial charge is 0.253 e. The first-order valence-electron chi connectivity index (χ1n) is 9.22. The first kappa shape index (κ1) is 16.2. The van der Waals surface area contributed by atoms with Crippen molar-refractivity contribution in [1.29, 1.82) is 0 Å². The second-order valence-electron chi connectivity index (χ2n) is 7.22. The topological polar surface area (TPSA) is 60.4 Å². The lowest BCUT2D eigenvalue weighted by Crippen LogP contribution is -2.46. The zero-order valence-electron chi connectivity index (χ0n) is 14.9. The van der Waals surface area contributed by atoms with Crippen LogP contribution in [0.25, 0.3) is 0 Å². The van der Waals surface area contributed by atoms with Gasteiger partial charge in [0.2, 0.25) is 6.79 Å². The van der Waals surface area contributed by atoms with Crippen molar-refractivity contribution in [2.75, 3.05) is 19.9 Å². The molecule has 3 heterocycles. The van der Waals surface area contributed by atoms with Crippen molar-refractivity contribution in [1.82, 2.24) is 4.90 Å². The molecule has 1 amide bonds. The molecule has 1 saturated heterocycles. The van der Waals surface area contributed by atoms with E-state index in [4.69, 9.17) is 14.3 Å². The second kappa shape index (κ2) is 6.30. The van der Waals surface area contributed by atoms with Crippen molar-refractivity contribution in [3.05, 3.63) is 59.7 Å². The van der Waals surface area contributed by atoms with Gasteiger partial charge in [-0.2, -0.15) is 0 Å². The Morgan fingerprint density at radius 3 is 2.59 bits per heavy atom. The van der Waals surface area contributed by atoms with E-state index < -0.39 is 0 Å². The van der Waals surface area contributed by atoms with Crippen LogP contribution in [0.4, 0.5) is 0 Å². The molecule has 138 valence electrons. The predicted octanol–water partition coefficient (Wildman–Crippen LogP) is 3.21. The number of carbonyl (C=O) groups excluding carboxylic acids is 1. The molecule has 1 spiro atoms. The average molecular weight is 364 g/mol. The number of ether oxygens (including phenoxy) is 2. The summed E-state index contributed by atoms with van der Waals surface area (Å²) in [4.78, 5) is 20.6. The Balaban J connectivity index is 1.24. The Labute approximate surface area is 157 Å². The molecular formula is C21H20N2O4. The van der Waals surface area contributed by atoms with Crippen LogP contribution in [0.2, 0.25) is 0 Å². The Kier molecular flexibility index (Phi) is 3.77. The molecular weight excluding hydrogens is 344 g/mol.